The number of benzene rings is 2. The van der Waals surface area contributed by atoms with E-state index in [1.54, 1.807) is 12.1 Å². The number of aryl methyl sites for hydroxylation is 2. The molecule has 4 rings (SSSR count). The van der Waals surface area contributed by atoms with Gasteiger partial charge in [-0.3, -0.25) is 4.79 Å². The second-order valence-electron chi connectivity index (χ2n) is 7.05. The third kappa shape index (κ3) is 3.84. The van der Waals surface area contributed by atoms with Crippen molar-refractivity contribution in [2.45, 2.75) is 43.0 Å². The van der Waals surface area contributed by atoms with E-state index in [1.807, 2.05) is 12.1 Å². The molecule has 1 amide bonds. The summed E-state index contributed by atoms with van der Waals surface area (Å²) in [6.07, 6.45) is 4.87. The molecule has 0 saturated heterocycles. The van der Waals surface area contributed by atoms with Crippen LogP contribution in [0.25, 0.3) is 0 Å². The molecule has 2 aliphatic rings. The minimum Gasteiger partial charge on any atom is -0.495 e. The fourth-order valence-corrected chi connectivity index (χ4v) is 4.68. The molecule has 2 N–H and O–H groups in total. The van der Waals surface area contributed by atoms with Crippen LogP contribution >= 0.6 is 0 Å². The fraction of sp³-hybridized carbons (Fsp3) is 0.350. The number of hydrogen-bond donors (Lipinski definition) is 2. The Labute approximate surface area is 159 Å². The van der Waals surface area contributed by atoms with Crippen LogP contribution in [0.2, 0.25) is 0 Å². The van der Waals surface area contributed by atoms with Crippen molar-refractivity contribution >= 4 is 21.6 Å². The molecule has 0 aromatic heterocycles. The van der Waals surface area contributed by atoms with E-state index >= 15 is 0 Å². The molecule has 2 aliphatic carbocycles. The molecule has 0 spiro atoms. The highest BCUT2D eigenvalue weighted by atomic mass is 32.2. The molecule has 27 heavy (non-hydrogen) atoms. The molecule has 6 nitrogen and oxygen atoms in total. The lowest BCUT2D eigenvalue weighted by Crippen LogP contribution is -2.26. The maximum Gasteiger partial charge on any atom is 0.255 e. The quantitative estimate of drug-likeness (QED) is 0.800. The van der Waals surface area contributed by atoms with E-state index in [4.69, 9.17) is 4.74 Å². The summed E-state index contributed by atoms with van der Waals surface area (Å²) in [5, 5.41) is 2.79. The Balaban J connectivity index is 1.60. The average molecular weight is 386 g/mol. The van der Waals surface area contributed by atoms with Crippen LogP contribution in [0.5, 0.6) is 5.75 Å². The molecule has 1 saturated carbocycles. The Morgan fingerprint density at radius 3 is 2.59 bits per heavy atom. The molecule has 7 heteroatoms. The number of fused-ring (bicyclic) bond motifs is 1. The molecule has 0 bridgehead atoms. The van der Waals surface area contributed by atoms with Crippen LogP contribution in [0.3, 0.4) is 0 Å². The van der Waals surface area contributed by atoms with Gasteiger partial charge in [0, 0.05) is 11.6 Å². The van der Waals surface area contributed by atoms with Crippen LogP contribution in [0.15, 0.2) is 41.3 Å². The number of carbonyl (C=O) groups is 1. The average Bonchev–Trinajstić information content (AvgIpc) is 3.32. The molecule has 0 heterocycles. The summed E-state index contributed by atoms with van der Waals surface area (Å²) in [5.74, 6) is 0.127. The highest BCUT2D eigenvalue weighted by Gasteiger charge is 2.28. The van der Waals surface area contributed by atoms with Gasteiger partial charge in [0.1, 0.15) is 5.75 Å². The van der Waals surface area contributed by atoms with Gasteiger partial charge in [-0.1, -0.05) is 6.07 Å². The lowest BCUT2D eigenvalue weighted by atomic mass is 10.1. The van der Waals surface area contributed by atoms with Crippen LogP contribution in [-0.4, -0.2) is 27.5 Å². The predicted molar refractivity (Wildman–Crippen MR) is 103 cm³/mol. The Morgan fingerprint density at radius 2 is 1.85 bits per heavy atom. The number of amides is 1. The number of carbonyl (C=O) groups excluding carboxylic acids is 1. The topological polar surface area (TPSA) is 84.5 Å². The zero-order chi connectivity index (χ0) is 19.0. The highest BCUT2D eigenvalue weighted by molar-refractivity contribution is 7.89. The van der Waals surface area contributed by atoms with Gasteiger partial charge in [0.15, 0.2) is 0 Å². The second kappa shape index (κ2) is 6.98. The number of hydrogen-bond acceptors (Lipinski definition) is 4. The number of sulfonamides is 1. The largest absolute Gasteiger partial charge is 0.495 e. The number of ether oxygens (including phenoxy) is 1. The van der Waals surface area contributed by atoms with E-state index < -0.39 is 10.0 Å². The molecule has 2 aromatic carbocycles. The zero-order valence-corrected chi connectivity index (χ0v) is 15.9. The number of nitrogens with one attached hydrogen (secondary N) is 2. The van der Waals surface area contributed by atoms with Crippen LogP contribution in [0, 0.1) is 0 Å². The van der Waals surface area contributed by atoms with E-state index in [2.05, 4.69) is 10.0 Å². The molecular formula is C20H22N2O4S. The van der Waals surface area contributed by atoms with Crippen molar-refractivity contribution in [3.8, 4) is 5.75 Å². The van der Waals surface area contributed by atoms with Crippen molar-refractivity contribution in [3.05, 3.63) is 53.1 Å². The molecular weight excluding hydrogens is 364 g/mol. The SMILES string of the molecule is COc1ccc(S(=O)(=O)NC2CC2)cc1NC(=O)c1ccc2c(c1)CCC2. The first-order chi connectivity index (χ1) is 13.0. The molecule has 142 valence electrons. The maximum absolute atomic E-state index is 12.7. The van der Waals surface area contributed by atoms with Gasteiger partial charge in [-0.15, -0.1) is 0 Å². The van der Waals surface area contributed by atoms with Gasteiger partial charge in [0.25, 0.3) is 5.91 Å². The van der Waals surface area contributed by atoms with E-state index in [-0.39, 0.29) is 16.8 Å². The van der Waals surface area contributed by atoms with Gasteiger partial charge in [0.2, 0.25) is 10.0 Å². The number of anilines is 1. The van der Waals surface area contributed by atoms with E-state index in [9.17, 15) is 13.2 Å². The number of rotatable bonds is 6. The smallest absolute Gasteiger partial charge is 0.255 e. The Morgan fingerprint density at radius 1 is 1.07 bits per heavy atom. The Kier molecular flexibility index (Phi) is 4.65. The van der Waals surface area contributed by atoms with Crippen molar-refractivity contribution < 1.29 is 17.9 Å². The lowest BCUT2D eigenvalue weighted by molar-refractivity contribution is 0.102. The van der Waals surface area contributed by atoms with Crippen LogP contribution in [0.4, 0.5) is 5.69 Å². The van der Waals surface area contributed by atoms with Crippen molar-refractivity contribution in [2.24, 2.45) is 0 Å². The Bertz CT molecular complexity index is 997. The van der Waals surface area contributed by atoms with Crippen LogP contribution in [-0.2, 0) is 22.9 Å². The summed E-state index contributed by atoms with van der Waals surface area (Å²) in [6.45, 7) is 0. The first-order valence-electron chi connectivity index (χ1n) is 9.10. The summed E-state index contributed by atoms with van der Waals surface area (Å²) in [6, 6.07) is 10.2. The molecule has 1 fully saturated rings. The maximum atomic E-state index is 12.7. The third-order valence-electron chi connectivity index (χ3n) is 4.99. The number of methoxy groups -OCH3 is 1. The Hall–Kier alpha value is -2.38. The minimum atomic E-state index is -3.61. The highest BCUT2D eigenvalue weighted by Crippen LogP contribution is 2.30. The first kappa shape index (κ1) is 18.0. The first-order valence-corrected chi connectivity index (χ1v) is 10.6. The summed E-state index contributed by atoms with van der Waals surface area (Å²) in [7, 11) is -2.13. The van der Waals surface area contributed by atoms with Gasteiger partial charge < -0.3 is 10.1 Å². The molecule has 2 aromatic rings. The van der Waals surface area contributed by atoms with Crippen molar-refractivity contribution in [1.29, 1.82) is 0 Å². The molecule has 0 unspecified atom stereocenters. The predicted octanol–water partition coefficient (Wildman–Crippen LogP) is 2.88. The van der Waals surface area contributed by atoms with Gasteiger partial charge in [-0.05, 0) is 73.6 Å². The van der Waals surface area contributed by atoms with E-state index in [1.165, 1.54) is 30.4 Å². The van der Waals surface area contributed by atoms with Gasteiger partial charge in [-0.2, -0.15) is 0 Å². The van der Waals surface area contributed by atoms with Crippen molar-refractivity contribution in [1.82, 2.24) is 4.72 Å². The summed E-state index contributed by atoms with van der Waals surface area (Å²) < 4.78 is 32.8. The minimum absolute atomic E-state index is 0.0153. The molecule has 0 aliphatic heterocycles. The van der Waals surface area contributed by atoms with E-state index in [0.29, 0.717) is 17.0 Å². The van der Waals surface area contributed by atoms with Gasteiger partial charge >= 0.3 is 0 Å². The summed E-state index contributed by atoms with van der Waals surface area (Å²) >= 11 is 0. The monoisotopic (exact) mass is 386 g/mol. The molecule has 0 atom stereocenters. The summed E-state index contributed by atoms with van der Waals surface area (Å²) in [4.78, 5) is 12.8. The van der Waals surface area contributed by atoms with Crippen molar-refractivity contribution in [3.63, 3.8) is 0 Å². The van der Waals surface area contributed by atoms with Crippen LogP contribution < -0.4 is 14.8 Å². The lowest BCUT2D eigenvalue weighted by Gasteiger charge is -2.13. The van der Waals surface area contributed by atoms with Crippen molar-refractivity contribution in [2.75, 3.05) is 12.4 Å². The van der Waals surface area contributed by atoms with Gasteiger partial charge in [0.05, 0.1) is 17.7 Å². The standard InChI is InChI=1S/C20H22N2O4S/c1-26-19-10-9-17(27(24,25)22-16-7-8-16)12-18(19)21-20(23)15-6-5-13-3-2-4-14(13)11-15/h5-6,9-12,16,22H,2-4,7-8H2,1H3,(H,21,23). The zero-order valence-electron chi connectivity index (χ0n) is 15.1. The van der Waals surface area contributed by atoms with Crippen LogP contribution in [0.1, 0.15) is 40.7 Å². The molecule has 0 radical (unpaired) electrons. The third-order valence-corrected chi connectivity index (χ3v) is 6.51. The van der Waals surface area contributed by atoms with Gasteiger partial charge in [-0.25, -0.2) is 13.1 Å². The summed E-state index contributed by atoms with van der Waals surface area (Å²) in [5.41, 5.74) is 3.40. The van der Waals surface area contributed by atoms with E-state index in [0.717, 1.165) is 32.1 Å². The normalized spacial score (nSPS) is 16.0. The second-order valence-corrected chi connectivity index (χ2v) is 8.76. The fourth-order valence-electron chi connectivity index (χ4n) is 3.35.